The van der Waals surface area contributed by atoms with Gasteiger partial charge in [-0.05, 0) is 31.0 Å². The van der Waals surface area contributed by atoms with Crippen molar-refractivity contribution in [3.8, 4) is 11.5 Å². The van der Waals surface area contributed by atoms with Crippen LogP contribution in [-0.2, 0) is 14.3 Å². The van der Waals surface area contributed by atoms with Gasteiger partial charge in [-0.1, -0.05) is 19.4 Å². The molecule has 1 aromatic carbocycles. The molecule has 0 aromatic heterocycles. The lowest BCUT2D eigenvalue weighted by Gasteiger charge is -2.28. The van der Waals surface area contributed by atoms with E-state index in [2.05, 4.69) is 17.6 Å². The number of carbonyl (C=O) groups is 2. The second-order valence-corrected chi connectivity index (χ2v) is 6.31. The Kier molecular flexibility index (Phi) is 8.13. The summed E-state index contributed by atoms with van der Waals surface area (Å²) in [5.74, 6) is 0.630. The number of allylic oxidation sites excluding steroid dienone is 1. The zero-order valence-electron chi connectivity index (χ0n) is 16.8. The molecule has 8 heteroatoms. The Morgan fingerprint density at radius 3 is 2.61 bits per heavy atom. The number of carbonyl (C=O) groups excluding carboxylic acids is 2. The van der Waals surface area contributed by atoms with Crippen LogP contribution in [0.1, 0.15) is 38.3 Å². The summed E-state index contributed by atoms with van der Waals surface area (Å²) in [5, 5.41) is 5.39. The highest BCUT2D eigenvalue weighted by Gasteiger charge is 2.32. The topological polar surface area (TPSA) is 95.1 Å². The van der Waals surface area contributed by atoms with Gasteiger partial charge < -0.3 is 29.6 Å². The van der Waals surface area contributed by atoms with Crippen molar-refractivity contribution >= 4 is 12.0 Å². The van der Waals surface area contributed by atoms with Crippen LogP contribution in [0.2, 0.25) is 0 Å². The van der Waals surface area contributed by atoms with Crippen molar-refractivity contribution in [3.05, 3.63) is 35.0 Å². The van der Waals surface area contributed by atoms with Crippen LogP contribution >= 0.6 is 0 Å². The summed E-state index contributed by atoms with van der Waals surface area (Å²) >= 11 is 0. The molecule has 154 valence electrons. The molecule has 0 spiro atoms. The molecule has 0 unspecified atom stereocenters. The molecular formula is C20H28N2O6. The first-order valence-corrected chi connectivity index (χ1v) is 9.26. The number of unbranched alkanes of at least 4 members (excludes halogenated alkanes) is 1. The third kappa shape index (κ3) is 5.39. The molecule has 1 aromatic rings. The van der Waals surface area contributed by atoms with Gasteiger partial charge in [0.25, 0.3) is 0 Å². The van der Waals surface area contributed by atoms with E-state index in [1.54, 1.807) is 32.2 Å². The molecule has 0 fully saturated rings. The van der Waals surface area contributed by atoms with E-state index < -0.39 is 18.0 Å². The van der Waals surface area contributed by atoms with Crippen LogP contribution in [0.4, 0.5) is 4.79 Å². The number of hydrogen-bond acceptors (Lipinski definition) is 6. The van der Waals surface area contributed by atoms with E-state index in [0.717, 1.165) is 12.8 Å². The number of ether oxygens (including phenoxy) is 4. The standard InChI is InChI=1S/C20H28N2O6/c1-5-6-9-27-15-8-7-14(12-16(15)26-4)18-17(13(2)21-20(24)22-18)19(23)28-11-10-25-3/h7-8,12,18H,5-6,9-11H2,1-4H3,(H2,21,22,24)/t18-/m1/s1. The number of nitrogens with one attached hydrogen (secondary N) is 2. The van der Waals surface area contributed by atoms with E-state index in [9.17, 15) is 9.59 Å². The molecule has 2 amide bonds. The van der Waals surface area contributed by atoms with Crippen LogP contribution in [-0.4, -0.2) is 46.0 Å². The molecule has 2 N–H and O–H groups in total. The van der Waals surface area contributed by atoms with Crippen molar-refractivity contribution in [2.75, 3.05) is 34.0 Å². The van der Waals surface area contributed by atoms with E-state index in [0.29, 0.717) is 41.5 Å². The first-order chi connectivity index (χ1) is 13.5. The van der Waals surface area contributed by atoms with E-state index in [1.165, 1.54) is 7.11 Å². The SMILES string of the molecule is CCCCOc1ccc([C@H]2NC(=O)NC(C)=C2C(=O)OCCOC)cc1OC. The van der Waals surface area contributed by atoms with Crippen molar-refractivity contribution in [1.29, 1.82) is 0 Å². The Balaban J connectivity index is 2.30. The maximum Gasteiger partial charge on any atom is 0.338 e. The van der Waals surface area contributed by atoms with E-state index >= 15 is 0 Å². The highest BCUT2D eigenvalue weighted by molar-refractivity contribution is 5.95. The smallest absolute Gasteiger partial charge is 0.338 e. The highest BCUT2D eigenvalue weighted by Crippen LogP contribution is 2.34. The molecule has 8 nitrogen and oxygen atoms in total. The second-order valence-electron chi connectivity index (χ2n) is 6.31. The average Bonchev–Trinajstić information content (AvgIpc) is 2.67. The first kappa shape index (κ1) is 21.6. The summed E-state index contributed by atoms with van der Waals surface area (Å²) in [4.78, 5) is 24.6. The summed E-state index contributed by atoms with van der Waals surface area (Å²) in [6.45, 7) is 4.76. The summed E-state index contributed by atoms with van der Waals surface area (Å²) in [6.07, 6.45) is 1.97. The predicted molar refractivity (Wildman–Crippen MR) is 103 cm³/mol. The molecule has 0 radical (unpaired) electrons. The van der Waals surface area contributed by atoms with Gasteiger partial charge in [-0.15, -0.1) is 0 Å². The van der Waals surface area contributed by atoms with Gasteiger partial charge >= 0.3 is 12.0 Å². The van der Waals surface area contributed by atoms with Crippen LogP contribution in [0, 0.1) is 0 Å². The predicted octanol–water partition coefficient (Wildman–Crippen LogP) is 2.69. The van der Waals surface area contributed by atoms with Crippen LogP contribution in [0.3, 0.4) is 0 Å². The lowest BCUT2D eigenvalue weighted by atomic mass is 9.95. The Labute approximate surface area is 165 Å². The Morgan fingerprint density at radius 2 is 1.93 bits per heavy atom. The van der Waals surface area contributed by atoms with Crippen LogP contribution in [0.5, 0.6) is 11.5 Å². The van der Waals surface area contributed by atoms with Crippen molar-refractivity contribution in [2.24, 2.45) is 0 Å². The summed E-state index contributed by atoms with van der Waals surface area (Å²) in [6, 6.07) is 4.28. The Morgan fingerprint density at radius 1 is 1.14 bits per heavy atom. The zero-order valence-corrected chi connectivity index (χ0v) is 16.8. The molecular weight excluding hydrogens is 364 g/mol. The van der Waals surface area contributed by atoms with Gasteiger partial charge in [0, 0.05) is 12.8 Å². The minimum Gasteiger partial charge on any atom is -0.493 e. The minimum atomic E-state index is -0.664. The monoisotopic (exact) mass is 392 g/mol. The van der Waals surface area contributed by atoms with Gasteiger partial charge in [0.15, 0.2) is 11.5 Å². The second kappa shape index (κ2) is 10.6. The molecule has 1 aliphatic heterocycles. The Hall–Kier alpha value is -2.74. The average molecular weight is 392 g/mol. The third-order valence-corrected chi connectivity index (χ3v) is 4.29. The van der Waals surface area contributed by atoms with Crippen molar-refractivity contribution < 1.29 is 28.5 Å². The van der Waals surface area contributed by atoms with Crippen LogP contribution in [0.15, 0.2) is 29.5 Å². The number of benzene rings is 1. The normalized spacial score (nSPS) is 16.3. The fourth-order valence-electron chi connectivity index (χ4n) is 2.82. The van der Waals surface area contributed by atoms with Gasteiger partial charge in [0.2, 0.25) is 0 Å². The summed E-state index contributed by atoms with van der Waals surface area (Å²) in [5.41, 5.74) is 1.46. The summed E-state index contributed by atoms with van der Waals surface area (Å²) in [7, 11) is 3.08. The number of esters is 1. The van der Waals surface area contributed by atoms with Gasteiger partial charge in [-0.3, -0.25) is 0 Å². The molecule has 0 aliphatic carbocycles. The van der Waals surface area contributed by atoms with Crippen molar-refractivity contribution in [2.45, 2.75) is 32.7 Å². The van der Waals surface area contributed by atoms with E-state index in [1.807, 2.05) is 0 Å². The van der Waals surface area contributed by atoms with Crippen molar-refractivity contribution in [1.82, 2.24) is 10.6 Å². The molecule has 28 heavy (non-hydrogen) atoms. The highest BCUT2D eigenvalue weighted by atomic mass is 16.6. The van der Waals surface area contributed by atoms with Crippen LogP contribution in [0.25, 0.3) is 0 Å². The van der Waals surface area contributed by atoms with E-state index in [4.69, 9.17) is 18.9 Å². The van der Waals surface area contributed by atoms with Crippen molar-refractivity contribution in [3.63, 3.8) is 0 Å². The molecule has 1 aliphatic rings. The first-order valence-electron chi connectivity index (χ1n) is 9.26. The molecule has 2 rings (SSSR count). The molecule has 0 bridgehead atoms. The number of methoxy groups -OCH3 is 2. The van der Waals surface area contributed by atoms with Crippen LogP contribution < -0.4 is 20.1 Å². The fourth-order valence-corrected chi connectivity index (χ4v) is 2.82. The minimum absolute atomic E-state index is 0.125. The van der Waals surface area contributed by atoms with Gasteiger partial charge in [0.05, 0.1) is 31.9 Å². The molecule has 1 atom stereocenters. The number of hydrogen-bond donors (Lipinski definition) is 2. The molecule has 0 saturated carbocycles. The quantitative estimate of drug-likeness (QED) is 0.470. The molecule has 0 saturated heterocycles. The number of rotatable bonds is 10. The zero-order chi connectivity index (χ0) is 20.5. The van der Waals surface area contributed by atoms with Gasteiger partial charge in [0.1, 0.15) is 6.61 Å². The third-order valence-electron chi connectivity index (χ3n) is 4.29. The lowest BCUT2D eigenvalue weighted by molar-refractivity contribution is -0.140. The maximum absolute atomic E-state index is 12.6. The number of urea groups is 1. The van der Waals surface area contributed by atoms with Gasteiger partial charge in [-0.25, -0.2) is 9.59 Å². The van der Waals surface area contributed by atoms with E-state index in [-0.39, 0.29) is 6.61 Å². The summed E-state index contributed by atoms with van der Waals surface area (Å²) < 4.78 is 21.4. The lowest BCUT2D eigenvalue weighted by Crippen LogP contribution is -2.45. The maximum atomic E-state index is 12.6. The fraction of sp³-hybridized carbons (Fsp3) is 0.500. The molecule has 1 heterocycles. The van der Waals surface area contributed by atoms with Gasteiger partial charge in [-0.2, -0.15) is 0 Å². The largest absolute Gasteiger partial charge is 0.493 e. The Bertz CT molecular complexity index is 731. The number of amides is 2.